The third-order valence-corrected chi connectivity index (χ3v) is 2.52. The summed E-state index contributed by atoms with van der Waals surface area (Å²) in [5, 5.41) is 0. The zero-order chi connectivity index (χ0) is 11.2. The van der Waals surface area contributed by atoms with Gasteiger partial charge in [0.1, 0.15) is 0 Å². The predicted molar refractivity (Wildman–Crippen MR) is 63.7 cm³/mol. The maximum absolute atomic E-state index is 7.25. The zero-order valence-electron chi connectivity index (χ0n) is 8.88. The van der Waals surface area contributed by atoms with Crippen LogP contribution in [0.2, 0.25) is 0 Å². The Hall–Kier alpha value is -2.14. The lowest BCUT2D eigenvalue weighted by Crippen LogP contribution is -1.98. The van der Waals surface area contributed by atoms with Crippen LogP contribution in [0.5, 0.6) is 0 Å². The van der Waals surface area contributed by atoms with Crippen LogP contribution in [0, 0.1) is 6.57 Å². The van der Waals surface area contributed by atoms with Gasteiger partial charge in [-0.3, -0.25) is 4.98 Å². The van der Waals surface area contributed by atoms with Crippen LogP contribution in [0.4, 0.5) is 0 Å². The van der Waals surface area contributed by atoms with Crippen molar-refractivity contribution >= 4 is 0 Å². The summed E-state index contributed by atoms with van der Waals surface area (Å²) in [7, 11) is 0. The van der Waals surface area contributed by atoms with Crippen LogP contribution in [0.1, 0.15) is 17.2 Å². The normalized spacial score (nSPS) is 11.7. The molecule has 0 aliphatic heterocycles. The van der Waals surface area contributed by atoms with Gasteiger partial charge in [-0.15, -0.1) is 0 Å². The van der Waals surface area contributed by atoms with Crippen LogP contribution in [-0.4, -0.2) is 4.98 Å². The Labute approximate surface area is 95.4 Å². The van der Waals surface area contributed by atoms with E-state index in [2.05, 4.69) is 22.0 Å². The van der Waals surface area contributed by atoms with Crippen LogP contribution in [0.25, 0.3) is 4.85 Å². The van der Waals surface area contributed by atoms with Gasteiger partial charge in [0.25, 0.3) is 6.04 Å². The molecule has 2 heteroatoms. The Morgan fingerprint density at radius 1 is 1.06 bits per heavy atom. The monoisotopic (exact) mass is 208 g/mol. The van der Waals surface area contributed by atoms with E-state index in [9.17, 15) is 0 Å². The zero-order valence-corrected chi connectivity index (χ0v) is 8.88. The minimum Gasteiger partial charge on any atom is -0.308 e. The quantitative estimate of drug-likeness (QED) is 0.707. The summed E-state index contributed by atoms with van der Waals surface area (Å²) in [5.41, 5.74) is 2.23. The maximum atomic E-state index is 7.25. The Kier molecular flexibility index (Phi) is 3.30. The van der Waals surface area contributed by atoms with E-state index in [0.29, 0.717) is 0 Å². The van der Waals surface area contributed by atoms with Crippen molar-refractivity contribution in [2.24, 2.45) is 0 Å². The Bertz CT molecular complexity index is 471. The lowest BCUT2D eigenvalue weighted by Gasteiger charge is -2.05. The minimum atomic E-state index is -0.106. The summed E-state index contributed by atoms with van der Waals surface area (Å²) in [6.07, 6.45) is 4.23. The molecule has 1 aromatic carbocycles. The summed E-state index contributed by atoms with van der Waals surface area (Å²) < 4.78 is 0. The van der Waals surface area contributed by atoms with Gasteiger partial charge in [-0.1, -0.05) is 30.3 Å². The van der Waals surface area contributed by atoms with E-state index in [0.717, 1.165) is 12.0 Å². The third kappa shape index (κ3) is 2.46. The second kappa shape index (κ2) is 5.09. The molecule has 0 aliphatic rings. The highest BCUT2D eigenvalue weighted by Crippen LogP contribution is 2.21. The SMILES string of the molecule is [C-]#[N+]C(Cc1ccccc1)c1ccncc1. The molecule has 16 heavy (non-hydrogen) atoms. The van der Waals surface area contributed by atoms with Crippen molar-refractivity contribution in [3.05, 3.63) is 77.4 Å². The first kappa shape index (κ1) is 10.4. The summed E-state index contributed by atoms with van der Waals surface area (Å²) in [5.74, 6) is 0. The molecule has 0 amide bonds. The van der Waals surface area contributed by atoms with Crippen molar-refractivity contribution in [1.29, 1.82) is 0 Å². The van der Waals surface area contributed by atoms with Crippen molar-refractivity contribution in [1.82, 2.24) is 4.98 Å². The first-order valence-electron chi connectivity index (χ1n) is 5.20. The van der Waals surface area contributed by atoms with Gasteiger partial charge in [0, 0.05) is 18.0 Å². The molecule has 0 saturated carbocycles. The summed E-state index contributed by atoms with van der Waals surface area (Å²) in [4.78, 5) is 7.64. The highest BCUT2D eigenvalue weighted by Gasteiger charge is 2.15. The molecular formula is C14H12N2. The van der Waals surface area contributed by atoms with E-state index in [-0.39, 0.29) is 6.04 Å². The van der Waals surface area contributed by atoms with Gasteiger partial charge >= 0.3 is 0 Å². The topological polar surface area (TPSA) is 17.2 Å². The van der Waals surface area contributed by atoms with Crippen LogP contribution in [0.15, 0.2) is 54.9 Å². The predicted octanol–water partition coefficient (Wildman–Crippen LogP) is 3.28. The Balaban J connectivity index is 2.17. The van der Waals surface area contributed by atoms with Gasteiger partial charge in [0.05, 0.1) is 6.42 Å². The maximum Gasteiger partial charge on any atom is 0.252 e. The number of aromatic nitrogens is 1. The third-order valence-electron chi connectivity index (χ3n) is 2.52. The molecule has 0 spiro atoms. The number of hydrogen-bond acceptors (Lipinski definition) is 1. The number of pyridine rings is 1. The Morgan fingerprint density at radius 2 is 1.75 bits per heavy atom. The van der Waals surface area contributed by atoms with Crippen molar-refractivity contribution in [2.75, 3.05) is 0 Å². The van der Waals surface area contributed by atoms with Crippen molar-refractivity contribution in [2.45, 2.75) is 12.5 Å². The number of hydrogen-bond donors (Lipinski definition) is 0. The second-order valence-corrected chi connectivity index (χ2v) is 3.62. The summed E-state index contributed by atoms with van der Waals surface area (Å²) in [6, 6.07) is 13.8. The fraction of sp³-hybridized carbons (Fsp3) is 0.143. The first-order chi connectivity index (χ1) is 7.90. The summed E-state index contributed by atoms with van der Waals surface area (Å²) in [6.45, 7) is 7.25. The molecule has 1 aromatic heterocycles. The molecule has 2 rings (SSSR count). The van der Waals surface area contributed by atoms with E-state index in [4.69, 9.17) is 6.57 Å². The van der Waals surface area contributed by atoms with Gasteiger partial charge < -0.3 is 4.85 Å². The van der Waals surface area contributed by atoms with E-state index in [1.165, 1.54) is 5.56 Å². The van der Waals surface area contributed by atoms with Gasteiger partial charge in [-0.2, -0.15) is 0 Å². The number of benzene rings is 1. The highest BCUT2D eigenvalue weighted by atomic mass is 14.7. The fourth-order valence-corrected chi connectivity index (χ4v) is 1.66. The smallest absolute Gasteiger partial charge is 0.252 e. The van der Waals surface area contributed by atoms with Crippen LogP contribution in [0.3, 0.4) is 0 Å². The largest absolute Gasteiger partial charge is 0.308 e. The molecule has 1 unspecified atom stereocenters. The molecule has 0 saturated heterocycles. The molecule has 1 atom stereocenters. The molecule has 2 nitrogen and oxygen atoms in total. The van der Waals surface area contributed by atoms with Crippen molar-refractivity contribution < 1.29 is 0 Å². The van der Waals surface area contributed by atoms with E-state index in [1.807, 2.05) is 30.3 Å². The fourth-order valence-electron chi connectivity index (χ4n) is 1.66. The molecule has 0 bridgehead atoms. The lowest BCUT2D eigenvalue weighted by molar-refractivity contribution is 0.828. The molecular weight excluding hydrogens is 196 g/mol. The molecule has 0 aliphatic carbocycles. The summed E-state index contributed by atoms with van der Waals surface area (Å²) >= 11 is 0. The highest BCUT2D eigenvalue weighted by molar-refractivity contribution is 5.24. The molecule has 0 fully saturated rings. The van der Waals surface area contributed by atoms with Crippen molar-refractivity contribution in [3.63, 3.8) is 0 Å². The standard InChI is InChI=1S/C14H12N2/c1-15-14(13-7-9-16-10-8-13)11-12-5-3-2-4-6-12/h2-10,14H,11H2. The van der Waals surface area contributed by atoms with Crippen LogP contribution >= 0.6 is 0 Å². The number of rotatable bonds is 3. The molecule has 2 aromatic rings. The minimum absolute atomic E-state index is 0.106. The lowest BCUT2D eigenvalue weighted by atomic mass is 10.0. The molecule has 78 valence electrons. The molecule has 0 radical (unpaired) electrons. The Morgan fingerprint density at radius 3 is 2.38 bits per heavy atom. The first-order valence-corrected chi connectivity index (χ1v) is 5.20. The second-order valence-electron chi connectivity index (χ2n) is 3.62. The molecule has 0 N–H and O–H groups in total. The van der Waals surface area contributed by atoms with E-state index < -0.39 is 0 Å². The van der Waals surface area contributed by atoms with Gasteiger partial charge in [-0.25, -0.2) is 6.57 Å². The average molecular weight is 208 g/mol. The van der Waals surface area contributed by atoms with E-state index >= 15 is 0 Å². The van der Waals surface area contributed by atoms with Crippen LogP contribution < -0.4 is 0 Å². The van der Waals surface area contributed by atoms with Gasteiger partial charge in [0.2, 0.25) is 0 Å². The van der Waals surface area contributed by atoms with Gasteiger partial charge in [0.15, 0.2) is 0 Å². The number of nitrogens with zero attached hydrogens (tertiary/aromatic N) is 2. The van der Waals surface area contributed by atoms with E-state index in [1.54, 1.807) is 12.4 Å². The van der Waals surface area contributed by atoms with Crippen LogP contribution in [-0.2, 0) is 6.42 Å². The van der Waals surface area contributed by atoms with Gasteiger partial charge in [-0.05, 0) is 17.7 Å². The average Bonchev–Trinajstić information content (AvgIpc) is 2.38. The molecule has 1 heterocycles. The van der Waals surface area contributed by atoms with Crippen molar-refractivity contribution in [3.8, 4) is 0 Å².